The Labute approximate surface area is 153 Å². The second-order valence-electron chi connectivity index (χ2n) is 6.07. The highest BCUT2D eigenvalue weighted by Crippen LogP contribution is 2.50. The van der Waals surface area contributed by atoms with Crippen molar-refractivity contribution in [3.63, 3.8) is 0 Å². The first-order valence-corrected chi connectivity index (χ1v) is 7.75. The van der Waals surface area contributed by atoms with E-state index in [2.05, 4.69) is 4.98 Å². The number of halogens is 6. The van der Waals surface area contributed by atoms with Gasteiger partial charge in [-0.3, -0.25) is 4.79 Å². The van der Waals surface area contributed by atoms with E-state index in [4.69, 9.17) is 5.73 Å². The van der Waals surface area contributed by atoms with Crippen molar-refractivity contribution in [3.05, 3.63) is 59.8 Å². The fraction of sp³-hybridized carbons (Fsp3) is 0.167. The van der Waals surface area contributed by atoms with E-state index in [1.165, 1.54) is 12.1 Å². The van der Waals surface area contributed by atoms with Crippen molar-refractivity contribution in [2.24, 2.45) is 5.73 Å². The number of aromatic nitrogens is 1. The molecule has 0 spiro atoms. The largest absolute Gasteiger partial charge is 0.430 e. The van der Waals surface area contributed by atoms with Gasteiger partial charge in [-0.1, -0.05) is 36.4 Å². The standard InChI is InChI=1S/C18H12F6N2O2/c19-17(20,21)16(28,18(22,23)24)10-6-7-12-11(8-10)13(14(26-12)15(25)27)9-4-2-1-3-5-9/h1-8,26,28H,(H2,25,27). The highest BCUT2D eigenvalue weighted by atomic mass is 19.4. The number of amides is 1. The van der Waals surface area contributed by atoms with E-state index < -0.39 is 29.4 Å². The molecule has 0 saturated carbocycles. The molecule has 148 valence electrons. The Hall–Kier alpha value is -3.01. The fourth-order valence-corrected chi connectivity index (χ4v) is 2.99. The molecule has 1 aromatic heterocycles. The number of carbonyl (C=O) groups is 1. The van der Waals surface area contributed by atoms with E-state index in [9.17, 15) is 36.2 Å². The number of primary amides is 1. The zero-order chi connectivity index (χ0) is 20.9. The Morgan fingerprint density at radius 2 is 1.50 bits per heavy atom. The summed E-state index contributed by atoms with van der Waals surface area (Å²) in [5.74, 6) is -0.946. The molecule has 0 saturated heterocycles. The van der Waals surface area contributed by atoms with Crippen molar-refractivity contribution >= 4 is 16.8 Å². The maximum absolute atomic E-state index is 13.2. The molecule has 4 nitrogen and oxygen atoms in total. The van der Waals surface area contributed by atoms with E-state index in [1.54, 1.807) is 18.2 Å². The molecule has 0 aliphatic heterocycles. The van der Waals surface area contributed by atoms with Gasteiger partial charge in [0.05, 0.1) is 0 Å². The minimum atomic E-state index is -6.02. The van der Waals surface area contributed by atoms with Gasteiger partial charge >= 0.3 is 12.4 Å². The Bertz CT molecular complexity index is 1020. The molecule has 1 amide bonds. The Morgan fingerprint density at radius 3 is 2.00 bits per heavy atom. The molecule has 3 rings (SSSR count). The van der Waals surface area contributed by atoms with Crippen LogP contribution in [0.5, 0.6) is 0 Å². The van der Waals surface area contributed by atoms with Crippen LogP contribution in [0.4, 0.5) is 26.3 Å². The minimum Gasteiger partial charge on any atom is -0.369 e. The Morgan fingerprint density at radius 1 is 0.929 bits per heavy atom. The zero-order valence-corrected chi connectivity index (χ0v) is 13.8. The fourth-order valence-electron chi connectivity index (χ4n) is 2.99. The van der Waals surface area contributed by atoms with Gasteiger partial charge in [0.1, 0.15) is 5.69 Å². The van der Waals surface area contributed by atoms with Crippen LogP contribution in [-0.2, 0) is 5.60 Å². The maximum atomic E-state index is 13.2. The number of alkyl halides is 6. The lowest BCUT2D eigenvalue weighted by molar-refractivity contribution is -0.376. The van der Waals surface area contributed by atoms with Gasteiger partial charge in [-0.15, -0.1) is 0 Å². The number of benzene rings is 2. The van der Waals surface area contributed by atoms with E-state index in [0.29, 0.717) is 17.7 Å². The smallest absolute Gasteiger partial charge is 0.369 e. The molecule has 0 radical (unpaired) electrons. The van der Waals surface area contributed by atoms with Crippen LogP contribution in [0.3, 0.4) is 0 Å². The summed E-state index contributed by atoms with van der Waals surface area (Å²) in [6, 6.07) is 9.80. The number of nitrogens with one attached hydrogen (secondary N) is 1. The summed E-state index contributed by atoms with van der Waals surface area (Å²) in [5.41, 5.74) is -0.908. The Balaban J connectivity index is 2.37. The van der Waals surface area contributed by atoms with Crippen molar-refractivity contribution in [2.75, 3.05) is 0 Å². The zero-order valence-electron chi connectivity index (χ0n) is 13.8. The number of aromatic amines is 1. The summed E-state index contributed by atoms with van der Waals surface area (Å²) >= 11 is 0. The van der Waals surface area contributed by atoms with Crippen molar-refractivity contribution < 1.29 is 36.2 Å². The molecular weight excluding hydrogens is 390 g/mol. The van der Waals surface area contributed by atoms with Gasteiger partial charge in [-0.05, 0) is 17.7 Å². The molecule has 0 aliphatic carbocycles. The van der Waals surface area contributed by atoms with Crippen LogP contribution in [0, 0.1) is 0 Å². The summed E-state index contributed by atoms with van der Waals surface area (Å²) < 4.78 is 79.1. The van der Waals surface area contributed by atoms with Gasteiger partial charge in [0.15, 0.2) is 0 Å². The quantitative estimate of drug-likeness (QED) is 0.573. The van der Waals surface area contributed by atoms with Crippen molar-refractivity contribution in [2.45, 2.75) is 18.0 Å². The molecular formula is C18H12F6N2O2. The molecule has 0 atom stereocenters. The first kappa shape index (κ1) is 19.7. The first-order chi connectivity index (χ1) is 12.9. The number of hydrogen-bond acceptors (Lipinski definition) is 2. The average molecular weight is 402 g/mol. The number of carbonyl (C=O) groups excluding carboxylic acids is 1. The summed E-state index contributed by atoms with van der Waals surface area (Å²) in [5, 5.41) is 9.52. The van der Waals surface area contributed by atoms with Crippen LogP contribution in [0.15, 0.2) is 48.5 Å². The highest BCUT2D eigenvalue weighted by molar-refractivity contribution is 6.09. The number of rotatable bonds is 3. The molecule has 0 bridgehead atoms. The highest BCUT2D eigenvalue weighted by Gasteiger charge is 2.71. The third-order valence-electron chi connectivity index (χ3n) is 4.35. The molecule has 0 fully saturated rings. The molecule has 3 aromatic rings. The summed E-state index contributed by atoms with van der Waals surface area (Å²) in [7, 11) is 0. The Kier molecular flexibility index (Phi) is 4.42. The predicted molar refractivity (Wildman–Crippen MR) is 88.3 cm³/mol. The minimum absolute atomic E-state index is 0.0386. The number of hydrogen-bond donors (Lipinski definition) is 3. The number of nitrogens with two attached hydrogens (primary N) is 1. The molecule has 10 heteroatoms. The summed E-state index contributed by atoms with van der Waals surface area (Å²) in [6.45, 7) is 0. The lowest BCUT2D eigenvalue weighted by Gasteiger charge is -2.32. The lowest BCUT2D eigenvalue weighted by atomic mass is 9.90. The topological polar surface area (TPSA) is 79.1 Å². The van der Waals surface area contributed by atoms with E-state index in [0.717, 1.165) is 6.07 Å². The SMILES string of the molecule is NC(=O)c1[nH]c2ccc(C(O)(C(F)(F)F)C(F)(F)F)cc2c1-c1ccccc1. The van der Waals surface area contributed by atoms with Gasteiger partial charge in [0.2, 0.25) is 0 Å². The number of fused-ring (bicyclic) bond motifs is 1. The lowest BCUT2D eigenvalue weighted by Crippen LogP contribution is -2.53. The van der Waals surface area contributed by atoms with Crippen molar-refractivity contribution in [1.29, 1.82) is 0 Å². The van der Waals surface area contributed by atoms with Gasteiger partial charge in [-0.25, -0.2) is 0 Å². The summed E-state index contributed by atoms with van der Waals surface area (Å²) in [6.07, 6.45) is -12.0. The normalized spacial score (nSPS) is 13.1. The van der Waals surface area contributed by atoms with Crippen molar-refractivity contribution in [3.8, 4) is 11.1 Å². The van der Waals surface area contributed by atoms with E-state index in [-0.39, 0.29) is 22.2 Å². The predicted octanol–water partition coefficient (Wildman–Crippen LogP) is 4.25. The van der Waals surface area contributed by atoms with Crippen LogP contribution in [0.1, 0.15) is 16.1 Å². The third kappa shape index (κ3) is 2.89. The molecule has 0 unspecified atom stereocenters. The number of aliphatic hydroxyl groups is 1. The van der Waals surface area contributed by atoms with Crippen molar-refractivity contribution in [1.82, 2.24) is 4.98 Å². The third-order valence-corrected chi connectivity index (χ3v) is 4.35. The monoisotopic (exact) mass is 402 g/mol. The van der Waals surface area contributed by atoms with Crippen LogP contribution in [0.2, 0.25) is 0 Å². The molecule has 1 heterocycles. The van der Waals surface area contributed by atoms with E-state index in [1.807, 2.05) is 0 Å². The molecule has 0 aliphatic rings. The molecule has 2 aromatic carbocycles. The second-order valence-corrected chi connectivity index (χ2v) is 6.07. The van der Waals surface area contributed by atoms with Gasteiger partial charge in [0, 0.05) is 22.0 Å². The van der Waals surface area contributed by atoms with Gasteiger partial charge in [-0.2, -0.15) is 26.3 Å². The van der Waals surface area contributed by atoms with Crippen LogP contribution >= 0.6 is 0 Å². The molecule has 28 heavy (non-hydrogen) atoms. The average Bonchev–Trinajstić information content (AvgIpc) is 2.98. The van der Waals surface area contributed by atoms with E-state index >= 15 is 0 Å². The van der Waals surface area contributed by atoms with Crippen LogP contribution in [0.25, 0.3) is 22.0 Å². The molecule has 4 N–H and O–H groups in total. The van der Waals surface area contributed by atoms with Gasteiger partial charge < -0.3 is 15.8 Å². The van der Waals surface area contributed by atoms with Gasteiger partial charge in [0.25, 0.3) is 11.5 Å². The maximum Gasteiger partial charge on any atom is 0.430 e. The summed E-state index contributed by atoms with van der Waals surface area (Å²) in [4.78, 5) is 14.3. The second kappa shape index (κ2) is 6.26. The number of H-pyrrole nitrogens is 1. The first-order valence-electron chi connectivity index (χ1n) is 7.75. The van der Waals surface area contributed by atoms with Crippen LogP contribution in [-0.4, -0.2) is 28.4 Å². The van der Waals surface area contributed by atoms with Crippen LogP contribution < -0.4 is 5.73 Å².